The van der Waals surface area contributed by atoms with Crippen molar-refractivity contribution in [2.75, 3.05) is 25.6 Å². The number of nitrogens with zero attached hydrogens (tertiary/aromatic N) is 2. The molecule has 22 heteroatoms. The van der Waals surface area contributed by atoms with Crippen molar-refractivity contribution >= 4 is 33.4 Å². The summed E-state index contributed by atoms with van der Waals surface area (Å²) < 4.78 is 56.4. The fourth-order valence-corrected chi connectivity index (χ4v) is 8.55. The van der Waals surface area contributed by atoms with Gasteiger partial charge < -0.3 is 50.2 Å². The molecule has 390 valence electrons. The minimum Gasteiger partial charge on any atom is -0.462 e. The lowest BCUT2D eigenvalue weighted by Gasteiger charge is -2.21. The fourth-order valence-electron chi connectivity index (χ4n) is 6.44. The lowest BCUT2D eigenvalue weighted by atomic mass is 10.00. The van der Waals surface area contributed by atoms with E-state index in [4.69, 9.17) is 29.0 Å². The summed E-state index contributed by atoms with van der Waals surface area (Å²) in [5, 5.41) is 40.9. The quantitative estimate of drug-likeness (QED) is 0.0120. The van der Waals surface area contributed by atoms with Crippen LogP contribution in [0.4, 0.5) is 5.82 Å². The van der Waals surface area contributed by atoms with Crippen molar-refractivity contribution in [3.05, 3.63) is 95.7 Å². The van der Waals surface area contributed by atoms with Gasteiger partial charge in [0.25, 0.3) is 0 Å². The third kappa shape index (κ3) is 27.9. The molecule has 2 heterocycles. The van der Waals surface area contributed by atoms with Crippen molar-refractivity contribution in [3.63, 3.8) is 0 Å². The van der Waals surface area contributed by atoms with Crippen molar-refractivity contribution < 1.29 is 76.5 Å². The Bertz CT molecular complexity index is 1990. The van der Waals surface area contributed by atoms with Crippen LogP contribution in [0.3, 0.4) is 0 Å². The molecule has 0 aromatic carbocycles. The third-order valence-corrected chi connectivity index (χ3v) is 13.1. The average Bonchev–Trinajstić information content (AvgIpc) is 3.57. The number of anilines is 1. The van der Waals surface area contributed by atoms with Crippen LogP contribution >= 0.6 is 15.6 Å². The number of aliphatic hydroxyl groups excluding tert-OH is 4. The second-order valence-corrected chi connectivity index (χ2v) is 19.6. The van der Waals surface area contributed by atoms with E-state index in [1.165, 1.54) is 12.5 Å². The van der Waals surface area contributed by atoms with Crippen molar-refractivity contribution in [3.8, 4) is 0 Å². The first kappa shape index (κ1) is 61.2. The molecule has 1 aliphatic heterocycles. The SMILES string of the molecule is CC/C=C\C[C@@H](O)/C=C/C=C\C/C=C\C=C\[C@@H](O)/C=C\CCCC(=O)OC[C@H](COP(=O)(O)OP(=O)(O)OC[C@H]1O[C@@H](n2ccc(N)nc2=O)[C@H](O)[C@@H]1O)OC(=O)CCCCCCCCC(C)CC. The Hall–Kier alpha value is -3.88. The fraction of sp³-hybridized carbons (Fsp3) is 0.617. The molecule has 0 spiro atoms. The van der Waals surface area contributed by atoms with E-state index in [0.717, 1.165) is 55.7 Å². The summed E-state index contributed by atoms with van der Waals surface area (Å²) in [5.74, 6) is -0.816. The molecule has 8 N–H and O–H groups in total. The predicted molar refractivity (Wildman–Crippen MR) is 259 cm³/mol. The number of esters is 2. The number of nitrogens with two attached hydrogens (primary N) is 1. The number of aromatic nitrogens is 2. The summed E-state index contributed by atoms with van der Waals surface area (Å²) in [7, 11) is -10.9. The van der Waals surface area contributed by atoms with Crippen LogP contribution in [0.25, 0.3) is 0 Å². The maximum absolute atomic E-state index is 12.8. The molecule has 2 rings (SSSR count). The molecule has 1 aromatic rings. The summed E-state index contributed by atoms with van der Waals surface area (Å²) in [6.45, 7) is 3.95. The van der Waals surface area contributed by atoms with Crippen LogP contribution < -0.4 is 11.4 Å². The molecule has 1 aliphatic rings. The van der Waals surface area contributed by atoms with Crippen molar-refractivity contribution in [1.29, 1.82) is 0 Å². The number of hydrogen-bond donors (Lipinski definition) is 7. The van der Waals surface area contributed by atoms with E-state index in [1.54, 1.807) is 42.5 Å². The van der Waals surface area contributed by atoms with E-state index >= 15 is 0 Å². The zero-order valence-corrected chi connectivity index (χ0v) is 41.8. The van der Waals surface area contributed by atoms with Crippen LogP contribution in [-0.2, 0) is 46.3 Å². The van der Waals surface area contributed by atoms with E-state index in [2.05, 4.69) is 23.1 Å². The molecule has 10 atom stereocenters. The van der Waals surface area contributed by atoms with Gasteiger partial charge in [-0.05, 0) is 50.5 Å². The lowest BCUT2D eigenvalue weighted by molar-refractivity contribution is -0.161. The topological polar surface area (TPSA) is 306 Å². The van der Waals surface area contributed by atoms with E-state index in [9.17, 15) is 53.7 Å². The monoisotopic (exact) mass is 1020 g/mol. The maximum atomic E-state index is 12.8. The standard InChI is InChI=1S/C47H75N3O17P2/c1-4-6-17-25-37(51)26-19-13-8-7-9-14-20-27-38(52)28-21-16-23-29-42(53)62-33-39(65-43(54)30-22-15-11-10-12-18-24-36(3)5-2)34-63-68(58,59)67-69(60,61)64-35-40-44(55)45(56)46(66-40)50-32-31-41(48)49-47(50)57/h6,8-9,13-14,17,19-21,26-28,31-32,36-40,44-46,51-52,55-56H,4-5,7,10-12,15-16,18,22-25,29-30,33-35H2,1-3H3,(H,58,59)(H,60,61)(H2,48,49,57)/b13-8-,14-9-,17-6-,26-19+,27-20+,28-21-/t36?,37-,38-,39-,40-,44-,45-,46-/m1/s1. The molecule has 0 radical (unpaired) electrons. The minimum absolute atomic E-state index is 0.00146. The second kappa shape index (κ2) is 34.4. The summed E-state index contributed by atoms with van der Waals surface area (Å²) in [4.78, 5) is 61.7. The zero-order chi connectivity index (χ0) is 51.1. The van der Waals surface area contributed by atoms with E-state index in [1.807, 2.05) is 37.3 Å². The molecule has 1 saturated heterocycles. The molecule has 3 unspecified atom stereocenters. The third-order valence-electron chi connectivity index (χ3n) is 10.5. The molecular weight excluding hydrogens is 940 g/mol. The van der Waals surface area contributed by atoms with Gasteiger partial charge in [-0.1, -0.05) is 139 Å². The Morgan fingerprint density at radius 3 is 2.20 bits per heavy atom. The van der Waals surface area contributed by atoms with Crippen molar-refractivity contribution in [2.24, 2.45) is 5.92 Å². The van der Waals surface area contributed by atoms with Gasteiger partial charge in [0.05, 0.1) is 25.4 Å². The molecule has 69 heavy (non-hydrogen) atoms. The van der Waals surface area contributed by atoms with Gasteiger partial charge >= 0.3 is 33.3 Å². The van der Waals surface area contributed by atoms with Gasteiger partial charge in [-0.25, -0.2) is 13.9 Å². The summed E-state index contributed by atoms with van der Waals surface area (Å²) in [6.07, 6.45) is 23.9. The summed E-state index contributed by atoms with van der Waals surface area (Å²) >= 11 is 0. The maximum Gasteiger partial charge on any atom is 0.481 e. The summed E-state index contributed by atoms with van der Waals surface area (Å²) in [6, 6.07) is 1.23. The number of aliphatic hydroxyl groups is 4. The molecule has 0 aliphatic carbocycles. The summed E-state index contributed by atoms with van der Waals surface area (Å²) in [5.41, 5.74) is 4.56. The van der Waals surface area contributed by atoms with Crippen LogP contribution in [0.1, 0.15) is 123 Å². The normalized spacial score (nSPS) is 21.4. The largest absolute Gasteiger partial charge is 0.481 e. The highest BCUT2D eigenvalue weighted by Crippen LogP contribution is 2.60. The molecule has 0 bridgehead atoms. The Labute approximate surface area is 405 Å². The van der Waals surface area contributed by atoms with E-state index < -0.39 is 95.9 Å². The Morgan fingerprint density at radius 1 is 0.841 bits per heavy atom. The predicted octanol–water partition coefficient (Wildman–Crippen LogP) is 6.74. The van der Waals surface area contributed by atoms with Gasteiger partial charge in [0.2, 0.25) is 0 Å². The van der Waals surface area contributed by atoms with Crippen LogP contribution in [-0.4, -0.2) is 108 Å². The smallest absolute Gasteiger partial charge is 0.462 e. The van der Waals surface area contributed by atoms with E-state index in [-0.39, 0.29) is 18.7 Å². The molecule has 0 amide bonds. The molecule has 20 nitrogen and oxygen atoms in total. The number of carbonyl (C=O) groups is 2. The highest BCUT2D eigenvalue weighted by atomic mass is 31.3. The molecule has 1 fully saturated rings. The first-order valence-electron chi connectivity index (χ1n) is 23.6. The number of phosphoric acid groups is 2. The number of ether oxygens (including phenoxy) is 3. The average molecular weight is 1020 g/mol. The van der Waals surface area contributed by atoms with Gasteiger partial charge in [-0.3, -0.25) is 23.2 Å². The van der Waals surface area contributed by atoms with Crippen LogP contribution in [0, 0.1) is 5.92 Å². The molecule has 0 saturated carbocycles. The number of carbonyl (C=O) groups excluding carboxylic acids is 2. The van der Waals surface area contributed by atoms with Gasteiger partial charge in [0, 0.05) is 19.0 Å². The Morgan fingerprint density at radius 2 is 1.51 bits per heavy atom. The Balaban J connectivity index is 1.87. The van der Waals surface area contributed by atoms with Gasteiger partial charge in [-0.2, -0.15) is 9.29 Å². The molecule has 1 aromatic heterocycles. The van der Waals surface area contributed by atoms with Crippen LogP contribution in [0.5, 0.6) is 0 Å². The van der Waals surface area contributed by atoms with E-state index in [0.29, 0.717) is 38.0 Å². The van der Waals surface area contributed by atoms with Crippen molar-refractivity contribution in [2.45, 2.75) is 160 Å². The number of allylic oxidation sites excluding steroid dienone is 8. The van der Waals surface area contributed by atoms with Crippen LogP contribution in [0.15, 0.2) is 90.0 Å². The lowest BCUT2D eigenvalue weighted by Crippen LogP contribution is -2.36. The van der Waals surface area contributed by atoms with Gasteiger partial charge in [0.15, 0.2) is 12.3 Å². The highest BCUT2D eigenvalue weighted by Gasteiger charge is 2.46. The van der Waals surface area contributed by atoms with Gasteiger partial charge in [-0.15, -0.1) is 0 Å². The number of unbranched alkanes of at least 4 members (excludes halogenated alkanes) is 6. The second-order valence-electron chi connectivity index (χ2n) is 16.5. The minimum atomic E-state index is -5.46. The first-order valence-corrected chi connectivity index (χ1v) is 26.6. The van der Waals surface area contributed by atoms with Crippen LogP contribution in [0.2, 0.25) is 0 Å². The number of rotatable bonds is 36. The van der Waals surface area contributed by atoms with Gasteiger partial charge in [0.1, 0.15) is 30.7 Å². The Kier molecular flexibility index (Phi) is 30.6. The number of hydrogen-bond acceptors (Lipinski definition) is 17. The zero-order valence-electron chi connectivity index (χ0n) is 40.0. The highest BCUT2D eigenvalue weighted by molar-refractivity contribution is 7.61. The first-order chi connectivity index (χ1) is 32.9. The number of phosphoric ester groups is 2. The number of nitrogen functional groups attached to an aromatic ring is 1. The molecular formula is C47H75N3O17P2. The van der Waals surface area contributed by atoms with Crippen molar-refractivity contribution in [1.82, 2.24) is 9.55 Å².